The fraction of sp³-hybridized carbons (Fsp3) is 0.688. The number of hydrogen-bond acceptors (Lipinski definition) is 5. The minimum atomic E-state index is -0.128. The molecular weight excluding hydrogens is 328 g/mol. The molecule has 0 radical (unpaired) electrons. The van der Waals surface area contributed by atoms with Gasteiger partial charge in [-0.25, -0.2) is 4.68 Å². The van der Waals surface area contributed by atoms with Gasteiger partial charge in [0.15, 0.2) is 0 Å². The van der Waals surface area contributed by atoms with Gasteiger partial charge >= 0.3 is 0 Å². The lowest BCUT2D eigenvalue weighted by Crippen LogP contribution is -2.32. The van der Waals surface area contributed by atoms with Gasteiger partial charge in [-0.2, -0.15) is 16.9 Å². The molecule has 0 spiro atoms. The average Bonchev–Trinajstić information content (AvgIpc) is 3.27. The summed E-state index contributed by atoms with van der Waals surface area (Å²) in [5.41, 5.74) is 2.04. The first-order chi connectivity index (χ1) is 11.7. The molecule has 0 saturated heterocycles. The Hall–Kier alpha value is -1.54. The van der Waals surface area contributed by atoms with Crippen LogP contribution in [0.15, 0.2) is 0 Å². The number of ether oxygens (including phenoxy) is 1. The molecule has 1 saturated carbocycles. The molecule has 7 nitrogen and oxygen atoms in total. The minimum Gasteiger partial charge on any atom is -0.383 e. The van der Waals surface area contributed by atoms with Crippen LogP contribution < -0.4 is 10.6 Å². The number of hydrogen-bond donors (Lipinski definition) is 2. The quantitative estimate of drug-likeness (QED) is 0.727. The van der Waals surface area contributed by atoms with Crippen molar-refractivity contribution in [2.24, 2.45) is 5.92 Å². The Morgan fingerprint density at radius 1 is 1.33 bits per heavy atom. The number of amides is 2. The van der Waals surface area contributed by atoms with Crippen molar-refractivity contribution in [2.75, 3.05) is 25.6 Å². The smallest absolute Gasteiger partial charge is 0.241 e. The molecule has 8 heteroatoms. The van der Waals surface area contributed by atoms with E-state index in [-0.39, 0.29) is 24.3 Å². The van der Waals surface area contributed by atoms with E-state index in [9.17, 15) is 9.59 Å². The summed E-state index contributed by atoms with van der Waals surface area (Å²) in [7, 11) is 1.60. The third kappa shape index (κ3) is 3.92. The summed E-state index contributed by atoms with van der Waals surface area (Å²) < 4.78 is 6.57. The lowest BCUT2D eigenvalue weighted by molar-refractivity contribution is -0.122. The summed E-state index contributed by atoms with van der Waals surface area (Å²) in [6.07, 6.45) is 4.14. The molecule has 1 aliphatic carbocycles. The van der Waals surface area contributed by atoms with Gasteiger partial charge in [0.05, 0.1) is 12.3 Å². The zero-order chi connectivity index (χ0) is 16.9. The second-order valence-electron chi connectivity index (χ2n) is 6.24. The van der Waals surface area contributed by atoms with E-state index in [2.05, 4.69) is 15.7 Å². The maximum atomic E-state index is 12.5. The fourth-order valence-corrected chi connectivity index (χ4v) is 4.25. The van der Waals surface area contributed by atoms with Crippen LogP contribution in [0.4, 0.5) is 5.82 Å². The molecule has 132 valence electrons. The van der Waals surface area contributed by atoms with Crippen molar-refractivity contribution in [3.8, 4) is 0 Å². The molecule has 2 N–H and O–H groups in total. The first kappa shape index (κ1) is 17.3. The molecule has 24 heavy (non-hydrogen) atoms. The number of carbonyl (C=O) groups excluding carboxylic acids is 2. The van der Waals surface area contributed by atoms with Crippen LogP contribution in [0.3, 0.4) is 0 Å². The number of aromatic nitrogens is 2. The fourth-order valence-electron chi connectivity index (χ4n) is 3.21. The molecule has 2 aliphatic rings. The third-order valence-corrected chi connectivity index (χ3v) is 5.48. The molecule has 1 aliphatic heterocycles. The number of thioether (sulfide) groups is 1. The van der Waals surface area contributed by atoms with Gasteiger partial charge in [0, 0.05) is 36.6 Å². The largest absolute Gasteiger partial charge is 0.383 e. The van der Waals surface area contributed by atoms with E-state index in [0.29, 0.717) is 19.0 Å². The standard InChI is InChI=1S/C16H24N4O3S/c1-23-7-6-17-14(21)8-20-15(12-9-24-10-13(12)19-20)18-16(22)11-4-2-3-5-11/h11H,2-10H2,1H3,(H,17,21)(H,18,22). The van der Waals surface area contributed by atoms with E-state index in [4.69, 9.17) is 4.74 Å². The van der Waals surface area contributed by atoms with Gasteiger partial charge in [-0.1, -0.05) is 12.8 Å². The van der Waals surface area contributed by atoms with Gasteiger partial charge in [0.2, 0.25) is 11.8 Å². The third-order valence-electron chi connectivity index (χ3n) is 4.51. The van der Waals surface area contributed by atoms with Crippen molar-refractivity contribution in [2.45, 2.75) is 43.7 Å². The van der Waals surface area contributed by atoms with Crippen molar-refractivity contribution < 1.29 is 14.3 Å². The Balaban J connectivity index is 1.69. The highest BCUT2D eigenvalue weighted by Crippen LogP contribution is 2.35. The van der Waals surface area contributed by atoms with Crippen molar-refractivity contribution in [3.63, 3.8) is 0 Å². The van der Waals surface area contributed by atoms with Gasteiger partial charge in [0.1, 0.15) is 12.4 Å². The van der Waals surface area contributed by atoms with Gasteiger partial charge in [0.25, 0.3) is 0 Å². The van der Waals surface area contributed by atoms with E-state index >= 15 is 0 Å². The highest BCUT2D eigenvalue weighted by molar-refractivity contribution is 7.98. The number of nitrogens with zero attached hydrogens (tertiary/aromatic N) is 2. The van der Waals surface area contributed by atoms with Crippen LogP contribution >= 0.6 is 11.8 Å². The molecule has 1 fully saturated rings. The summed E-state index contributed by atoms with van der Waals surface area (Å²) in [6.45, 7) is 1.06. The molecule has 0 atom stereocenters. The Labute approximate surface area is 145 Å². The minimum absolute atomic E-state index is 0.0631. The number of rotatable bonds is 7. The van der Waals surface area contributed by atoms with Gasteiger partial charge in [-0.15, -0.1) is 0 Å². The van der Waals surface area contributed by atoms with Crippen LogP contribution in [-0.2, 0) is 32.4 Å². The van der Waals surface area contributed by atoms with E-state index < -0.39 is 0 Å². The van der Waals surface area contributed by atoms with Crippen LogP contribution in [0.1, 0.15) is 36.9 Å². The molecular formula is C16H24N4O3S. The monoisotopic (exact) mass is 352 g/mol. The van der Waals surface area contributed by atoms with E-state index in [1.807, 2.05) is 0 Å². The number of methoxy groups -OCH3 is 1. The van der Waals surface area contributed by atoms with E-state index in [1.54, 1.807) is 23.6 Å². The summed E-state index contributed by atoms with van der Waals surface area (Å²) in [5, 5.41) is 10.4. The SMILES string of the molecule is COCCNC(=O)Cn1nc2c(c1NC(=O)C1CCCC1)CSC2. The molecule has 2 heterocycles. The van der Waals surface area contributed by atoms with Gasteiger partial charge in [-0.3, -0.25) is 9.59 Å². The summed E-state index contributed by atoms with van der Waals surface area (Å²) in [6, 6.07) is 0. The van der Waals surface area contributed by atoms with Crippen LogP contribution in [0.5, 0.6) is 0 Å². The summed E-state index contributed by atoms with van der Waals surface area (Å²) >= 11 is 1.78. The Morgan fingerprint density at radius 3 is 2.88 bits per heavy atom. The van der Waals surface area contributed by atoms with E-state index in [0.717, 1.165) is 48.4 Å². The van der Waals surface area contributed by atoms with Crippen LogP contribution in [0.25, 0.3) is 0 Å². The van der Waals surface area contributed by atoms with Crippen LogP contribution in [0.2, 0.25) is 0 Å². The number of nitrogens with one attached hydrogen (secondary N) is 2. The first-order valence-electron chi connectivity index (χ1n) is 8.42. The first-order valence-corrected chi connectivity index (χ1v) is 9.57. The normalized spacial score (nSPS) is 17.0. The number of carbonyl (C=O) groups is 2. The van der Waals surface area contributed by atoms with Crippen molar-refractivity contribution in [1.29, 1.82) is 0 Å². The highest BCUT2D eigenvalue weighted by atomic mass is 32.2. The van der Waals surface area contributed by atoms with E-state index in [1.165, 1.54) is 0 Å². The predicted octanol–water partition coefficient (Wildman–Crippen LogP) is 1.52. The molecule has 0 aromatic carbocycles. The van der Waals surface area contributed by atoms with Crippen molar-refractivity contribution >= 4 is 29.4 Å². The highest BCUT2D eigenvalue weighted by Gasteiger charge is 2.28. The summed E-state index contributed by atoms with van der Waals surface area (Å²) in [4.78, 5) is 24.5. The topological polar surface area (TPSA) is 85.2 Å². The average molecular weight is 352 g/mol. The molecule has 1 aromatic heterocycles. The zero-order valence-electron chi connectivity index (χ0n) is 14.0. The maximum Gasteiger partial charge on any atom is 0.241 e. The van der Waals surface area contributed by atoms with Crippen molar-refractivity contribution in [1.82, 2.24) is 15.1 Å². The van der Waals surface area contributed by atoms with Crippen LogP contribution in [0, 0.1) is 5.92 Å². The van der Waals surface area contributed by atoms with Gasteiger partial charge < -0.3 is 15.4 Å². The lowest BCUT2D eigenvalue weighted by Gasteiger charge is -2.14. The lowest BCUT2D eigenvalue weighted by atomic mass is 10.1. The number of fused-ring (bicyclic) bond motifs is 1. The zero-order valence-corrected chi connectivity index (χ0v) is 14.8. The maximum absolute atomic E-state index is 12.5. The molecule has 0 unspecified atom stereocenters. The Kier molecular flexibility index (Phi) is 5.78. The molecule has 3 rings (SSSR count). The van der Waals surface area contributed by atoms with Gasteiger partial charge in [-0.05, 0) is 12.8 Å². The van der Waals surface area contributed by atoms with Crippen LogP contribution in [-0.4, -0.2) is 41.9 Å². The summed E-state index contributed by atoms with van der Waals surface area (Å²) in [5.74, 6) is 2.40. The molecule has 1 aromatic rings. The second kappa shape index (κ2) is 8.02. The number of anilines is 1. The predicted molar refractivity (Wildman–Crippen MR) is 92.7 cm³/mol. The molecule has 0 bridgehead atoms. The second-order valence-corrected chi connectivity index (χ2v) is 7.22. The Morgan fingerprint density at radius 2 is 2.12 bits per heavy atom. The Bertz CT molecular complexity index is 611. The van der Waals surface area contributed by atoms with Crippen molar-refractivity contribution in [3.05, 3.63) is 11.3 Å². The molecule has 2 amide bonds.